The number of halogens is 1. The number of aliphatic hydroxyl groups excluding tert-OH is 1. The number of Topliss-reactive ketones (excluding diaryl/α,β-unsaturated/α-hetero) is 2. The summed E-state index contributed by atoms with van der Waals surface area (Å²) in [4.78, 5) is 41.2. The Morgan fingerprint density at radius 3 is 2.49 bits per heavy atom. The molecule has 8 heteroatoms. The van der Waals surface area contributed by atoms with Crippen LogP contribution in [0.1, 0.15) is 63.7 Å². The summed E-state index contributed by atoms with van der Waals surface area (Å²) in [6.07, 6.45) is -0.981. The van der Waals surface area contributed by atoms with Crippen LogP contribution in [0.15, 0.2) is 36.4 Å². The monoisotopic (exact) mass is 530 g/mol. The number of rotatable bonds is 4. The quantitative estimate of drug-likeness (QED) is 0.445. The molecule has 37 heavy (non-hydrogen) atoms. The molecular weight excluding hydrogens is 496 g/mol. The molecule has 0 unspecified atom stereocenters. The number of benzene rings is 1. The third-order valence-electron chi connectivity index (χ3n) is 10.0. The predicted molar refractivity (Wildman–Crippen MR) is 136 cm³/mol. The van der Waals surface area contributed by atoms with Crippen molar-refractivity contribution in [2.75, 3.05) is 6.61 Å². The van der Waals surface area contributed by atoms with Gasteiger partial charge in [0.05, 0.1) is 22.6 Å². The molecule has 200 valence electrons. The van der Waals surface area contributed by atoms with Crippen molar-refractivity contribution in [2.24, 2.45) is 34.0 Å². The van der Waals surface area contributed by atoms with Crippen LogP contribution in [0.4, 0.5) is 0 Å². The summed E-state index contributed by atoms with van der Waals surface area (Å²) >= 11 is 6.28. The van der Waals surface area contributed by atoms with Gasteiger partial charge in [0.2, 0.25) is 5.79 Å². The van der Waals surface area contributed by atoms with Crippen LogP contribution in [0.2, 0.25) is 5.02 Å². The average Bonchev–Trinajstić information content (AvgIpc) is 2.82. The van der Waals surface area contributed by atoms with Crippen LogP contribution in [0.5, 0.6) is 0 Å². The molecule has 5 aliphatic rings. The van der Waals surface area contributed by atoms with Crippen LogP contribution in [0.25, 0.3) is 0 Å². The van der Waals surface area contributed by atoms with Crippen LogP contribution in [0.3, 0.4) is 0 Å². The van der Waals surface area contributed by atoms with Crippen molar-refractivity contribution in [1.29, 1.82) is 0 Å². The average molecular weight is 531 g/mol. The fourth-order valence-corrected chi connectivity index (χ4v) is 8.74. The molecule has 1 aromatic carbocycles. The molecule has 6 rings (SSSR count). The van der Waals surface area contributed by atoms with E-state index in [0.29, 0.717) is 24.8 Å². The molecule has 0 aromatic heterocycles. The highest BCUT2D eigenvalue weighted by Crippen LogP contribution is 2.73. The van der Waals surface area contributed by atoms with E-state index in [0.717, 1.165) is 0 Å². The summed E-state index contributed by atoms with van der Waals surface area (Å²) in [5, 5.41) is 24.3. The standard InChI is InChI=1S/C29H35ClO7/c1-15(2)17-10-11-20-27-14-36-29(35,23(33)22(27)26(4,5)13-12-21(27)32)28(20,16(3)31)24(17)37-25(34)18-8-6-7-9-19(18)30/h6-9,17,20,22-24,33,35H,1,10-14H2,2-5H3/t17-,20-,22+,23-,24+,27+,28+,29-/m0/s1. The van der Waals surface area contributed by atoms with Crippen LogP contribution >= 0.6 is 11.6 Å². The molecule has 3 aliphatic carbocycles. The van der Waals surface area contributed by atoms with Crippen molar-refractivity contribution in [3.05, 3.63) is 47.0 Å². The normalized spacial score (nSPS) is 41.9. The van der Waals surface area contributed by atoms with Gasteiger partial charge in [0.25, 0.3) is 0 Å². The Balaban J connectivity index is 1.74. The van der Waals surface area contributed by atoms with Gasteiger partial charge >= 0.3 is 5.97 Å². The minimum Gasteiger partial charge on any atom is -0.457 e. The predicted octanol–water partition coefficient (Wildman–Crippen LogP) is 4.13. The molecule has 7 nitrogen and oxygen atoms in total. The first-order valence-electron chi connectivity index (χ1n) is 13.0. The zero-order valence-corrected chi connectivity index (χ0v) is 22.5. The lowest BCUT2D eigenvalue weighted by atomic mass is 9.34. The zero-order chi connectivity index (χ0) is 27.1. The van der Waals surface area contributed by atoms with Gasteiger partial charge in [-0.3, -0.25) is 9.59 Å². The van der Waals surface area contributed by atoms with E-state index in [1.165, 1.54) is 13.0 Å². The fraction of sp³-hybridized carbons (Fsp3) is 0.621. The minimum absolute atomic E-state index is 0.0711. The summed E-state index contributed by atoms with van der Waals surface area (Å²) in [5.41, 5.74) is -2.76. The molecule has 2 heterocycles. The molecule has 0 radical (unpaired) electrons. The second-order valence-electron chi connectivity index (χ2n) is 12.2. The first kappa shape index (κ1) is 26.5. The molecule has 2 saturated heterocycles. The Labute approximate surface area is 222 Å². The molecule has 2 bridgehead atoms. The van der Waals surface area contributed by atoms with Gasteiger partial charge in [0.1, 0.15) is 29.2 Å². The van der Waals surface area contributed by atoms with Crippen LogP contribution in [0, 0.1) is 34.0 Å². The third kappa shape index (κ3) is 3.20. The van der Waals surface area contributed by atoms with Gasteiger partial charge in [-0.05, 0) is 56.6 Å². The Hall–Kier alpha value is -2.06. The highest BCUT2D eigenvalue weighted by atomic mass is 35.5. The number of carbonyl (C=O) groups excluding carboxylic acids is 3. The lowest BCUT2D eigenvalue weighted by Gasteiger charge is -2.74. The van der Waals surface area contributed by atoms with Crippen LogP contribution in [-0.4, -0.2) is 52.4 Å². The lowest BCUT2D eigenvalue weighted by molar-refractivity contribution is -0.440. The minimum atomic E-state index is -2.36. The Morgan fingerprint density at radius 1 is 1.19 bits per heavy atom. The molecular formula is C29H35ClO7. The van der Waals surface area contributed by atoms with E-state index in [2.05, 4.69) is 6.58 Å². The highest BCUT2D eigenvalue weighted by Gasteiger charge is 2.85. The number of fused-ring (bicyclic) bond motifs is 1. The number of aliphatic hydroxyl groups is 2. The topological polar surface area (TPSA) is 110 Å². The van der Waals surface area contributed by atoms with Crippen molar-refractivity contribution >= 4 is 29.1 Å². The van der Waals surface area contributed by atoms with Gasteiger partial charge in [-0.25, -0.2) is 4.79 Å². The summed E-state index contributed by atoms with van der Waals surface area (Å²) in [6, 6.07) is 6.43. The van der Waals surface area contributed by atoms with Crippen molar-refractivity contribution in [2.45, 2.75) is 71.4 Å². The van der Waals surface area contributed by atoms with Gasteiger partial charge in [-0.15, -0.1) is 0 Å². The van der Waals surface area contributed by atoms with Gasteiger partial charge in [-0.2, -0.15) is 0 Å². The largest absolute Gasteiger partial charge is 0.457 e. The summed E-state index contributed by atoms with van der Waals surface area (Å²) in [6.45, 7) is 11.1. The van der Waals surface area contributed by atoms with Gasteiger partial charge < -0.3 is 19.7 Å². The van der Waals surface area contributed by atoms with Crippen LogP contribution < -0.4 is 0 Å². The number of esters is 1. The number of carbonyl (C=O) groups is 3. The summed E-state index contributed by atoms with van der Waals surface area (Å²) in [5.74, 6) is -5.48. The fourth-order valence-electron chi connectivity index (χ4n) is 8.53. The van der Waals surface area contributed by atoms with E-state index in [9.17, 15) is 24.6 Å². The molecule has 3 saturated carbocycles. The molecule has 5 fully saturated rings. The lowest BCUT2D eigenvalue weighted by Crippen LogP contribution is -2.86. The summed E-state index contributed by atoms with van der Waals surface area (Å²) < 4.78 is 12.1. The van der Waals surface area contributed by atoms with E-state index in [1.807, 2.05) is 13.8 Å². The summed E-state index contributed by atoms with van der Waals surface area (Å²) in [7, 11) is 0. The van der Waals surface area contributed by atoms with Crippen molar-refractivity contribution in [1.82, 2.24) is 0 Å². The Kier molecular flexibility index (Phi) is 6.08. The SMILES string of the molecule is C=C(C)[C@@H]1CC[C@H]2[C@@]34CO[C@@](O)([C@@H](O)[C@@H]3C(C)(C)CCC4=O)[C@@]2(C(C)=O)[C@@H]1OC(=O)c1ccccc1Cl. The number of ether oxygens (including phenoxy) is 2. The van der Waals surface area contributed by atoms with Gasteiger partial charge in [0.15, 0.2) is 0 Å². The van der Waals surface area contributed by atoms with Crippen molar-refractivity contribution < 1.29 is 34.1 Å². The maximum Gasteiger partial charge on any atom is 0.339 e. The first-order valence-corrected chi connectivity index (χ1v) is 13.3. The van der Waals surface area contributed by atoms with Crippen LogP contribution in [-0.2, 0) is 19.1 Å². The molecule has 2 aliphatic heterocycles. The van der Waals surface area contributed by atoms with E-state index >= 15 is 0 Å². The van der Waals surface area contributed by atoms with Gasteiger partial charge in [-0.1, -0.05) is 49.7 Å². The number of ketones is 2. The Morgan fingerprint density at radius 2 is 1.86 bits per heavy atom. The molecule has 2 N–H and O–H groups in total. The third-order valence-corrected chi connectivity index (χ3v) is 10.4. The highest BCUT2D eigenvalue weighted by molar-refractivity contribution is 6.33. The molecule has 0 amide bonds. The molecule has 1 spiro atoms. The van der Waals surface area contributed by atoms with Gasteiger partial charge in [0, 0.05) is 18.3 Å². The van der Waals surface area contributed by atoms with Crippen molar-refractivity contribution in [3.63, 3.8) is 0 Å². The number of hydrogen-bond donors (Lipinski definition) is 2. The van der Waals surface area contributed by atoms with E-state index < -0.39 is 63.7 Å². The Bertz CT molecular complexity index is 1190. The second kappa shape index (κ2) is 8.47. The van der Waals surface area contributed by atoms with E-state index in [4.69, 9.17) is 21.1 Å². The maximum absolute atomic E-state index is 13.9. The maximum atomic E-state index is 13.9. The van der Waals surface area contributed by atoms with E-state index in [-0.39, 0.29) is 29.4 Å². The molecule has 8 atom stereocenters. The van der Waals surface area contributed by atoms with E-state index in [1.54, 1.807) is 25.1 Å². The number of hydrogen-bond acceptors (Lipinski definition) is 7. The smallest absolute Gasteiger partial charge is 0.339 e. The van der Waals surface area contributed by atoms with Crippen molar-refractivity contribution in [3.8, 4) is 0 Å². The molecule has 1 aromatic rings. The zero-order valence-electron chi connectivity index (χ0n) is 21.8. The second-order valence-corrected chi connectivity index (χ2v) is 12.6. The first-order chi connectivity index (χ1) is 17.3.